The lowest BCUT2D eigenvalue weighted by atomic mass is 9.92. The van der Waals surface area contributed by atoms with Gasteiger partial charge in [-0.2, -0.15) is 0 Å². The number of aromatic nitrogens is 2. The number of hydrogen-bond donors (Lipinski definition) is 1. The van der Waals surface area contributed by atoms with Gasteiger partial charge in [0.15, 0.2) is 0 Å². The van der Waals surface area contributed by atoms with Gasteiger partial charge in [0.25, 0.3) is 0 Å². The monoisotopic (exact) mass is 248 g/mol. The van der Waals surface area contributed by atoms with Crippen LogP contribution in [-0.4, -0.2) is 41.0 Å². The summed E-state index contributed by atoms with van der Waals surface area (Å²) in [5, 5.41) is 3.54. The largest absolute Gasteiger partial charge is 0.367 e. The fourth-order valence-electron chi connectivity index (χ4n) is 2.21. The highest BCUT2D eigenvalue weighted by molar-refractivity contribution is 5.37. The molecule has 0 radical (unpaired) electrons. The van der Waals surface area contributed by atoms with Gasteiger partial charge >= 0.3 is 0 Å². The molecule has 4 nitrogen and oxygen atoms in total. The summed E-state index contributed by atoms with van der Waals surface area (Å²) in [6.45, 7) is 8.85. The van der Waals surface area contributed by atoms with Crippen molar-refractivity contribution in [3.8, 4) is 0 Å². The normalized spacial score (nSPS) is 18.9. The molecule has 1 aromatic rings. The van der Waals surface area contributed by atoms with Crippen LogP contribution >= 0.6 is 0 Å². The van der Waals surface area contributed by atoms with Crippen molar-refractivity contribution in [2.45, 2.75) is 45.1 Å². The minimum atomic E-state index is 0.0755. The standard InChI is InChI=1S/C14H24N4/c1-14(2,3)12-9-13(16-10-15-12)17-11-5-7-18(4)8-6-11/h9-11H,5-8H2,1-4H3,(H,15,16,17). The van der Waals surface area contributed by atoms with Gasteiger partial charge in [-0.3, -0.25) is 0 Å². The number of piperidine rings is 1. The molecule has 0 atom stereocenters. The van der Waals surface area contributed by atoms with E-state index in [1.165, 1.54) is 12.8 Å². The van der Waals surface area contributed by atoms with E-state index in [9.17, 15) is 0 Å². The third-order valence-corrected chi connectivity index (χ3v) is 3.51. The van der Waals surface area contributed by atoms with Crippen LogP contribution in [0.25, 0.3) is 0 Å². The highest BCUT2D eigenvalue weighted by Gasteiger charge is 2.19. The van der Waals surface area contributed by atoms with Gasteiger partial charge in [-0.05, 0) is 33.0 Å². The Balaban J connectivity index is 2.01. The first-order valence-electron chi connectivity index (χ1n) is 6.73. The summed E-state index contributed by atoms with van der Waals surface area (Å²) in [6.07, 6.45) is 4.04. The van der Waals surface area contributed by atoms with Crippen LogP contribution in [0.4, 0.5) is 5.82 Å². The minimum Gasteiger partial charge on any atom is -0.367 e. The van der Waals surface area contributed by atoms with E-state index in [4.69, 9.17) is 0 Å². The molecule has 0 unspecified atom stereocenters. The molecule has 1 saturated heterocycles. The predicted molar refractivity (Wildman–Crippen MR) is 74.9 cm³/mol. The van der Waals surface area contributed by atoms with Gasteiger partial charge in [0.2, 0.25) is 0 Å². The molecule has 0 bridgehead atoms. The number of nitrogens with zero attached hydrogens (tertiary/aromatic N) is 3. The lowest BCUT2D eigenvalue weighted by Gasteiger charge is -2.30. The van der Waals surface area contributed by atoms with E-state index < -0.39 is 0 Å². The number of rotatable bonds is 2. The molecule has 1 N–H and O–H groups in total. The summed E-state index contributed by atoms with van der Waals surface area (Å²) in [7, 11) is 2.18. The van der Waals surface area contributed by atoms with E-state index in [-0.39, 0.29) is 5.41 Å². The summed E-state index contributed by atoms with van der Waals surface area (Å²) in [5.41, 5.74) is 1.17. The maximum Gasteiger partial charge on any atom is 0.129 e. The van der Waals surface area contributed by atoms with Crippen LogP contribution in [0.15, 0.2) is 12.4 Å². The minimum absolute atomic E-state index is 0.0755. The molecule has 0 spiro atoms. The van der Waals surface area contributed by atoms with Crippen LogP contribution in [0, 0.1) is 0 Å². The highest BCUT2D eigenvalue weighted by Crippen LogP contribution is 2.22. The van der Waals surface area contributed by atoms with E-state index in [1.54, 1.807) is 6.33 Å². The molecular weight excluding hydrogens is 224 g/mol. The Labute approximate surface area is 110 Å². The number of hydrogen-bond acceptors (Lipinski definition) is 4. The van der Waals surface area contributed by atoms with E-state index >= 15 is 0 Å². The SMILES string of the molecule is CN1CCC(Nc2cc(C(C)(C)C)ncn2)CC1. The highest BCUT2D eigenvalue weighted by atomic mass is 15.1. The molecule has 4 heteroatoms. The molecule has 2 heterocycles. The summed E-state index contributed by atoms with van der Waals surface area (Å²) < 4.78 is 0. The average Bonchev–Trinajstić information content (AvgIpc) is 2.31. The molecule has 18 heavy (non-hydrogen) atoms. The quantitative estimate of drug-likeness (QED) is 0.872. The average molecular weight is 248 g/mol. The zero-order valence-electron chi connectivity index (χ0n) is 11.9. The first-order chi connectivity index (χ1) is 8.45. The summed E-state index contributed by atoms with van der Waals surface area (Å²) in [5.74, 6) is 0.962. The van der Waals surface area contributed by atoms with Gasteiger partial charge in [-0.1, -0.05) is 20.8 Å². The van der Waals surface area contributed by atoms with Gasteiger partial charge < -0.3 is 10.2 Å². The fraction of sp³-hybridized carbons (Fsp3) is 0.714. The Bertz CT molecular complexity index is 389. The summed E-state index contributed by atoms with van der Waals surface area (Å²) in [4.78, 5) is 11.1. The molecular formula is C14H24N4. The first kappa shape index (κ1) is 13.3. The first-order valence-corrected chi connectivity index (χ1v) is 6.73. The van der Waals surface area contributed by atoms with Crippen molar-refractivity contribution < 1.29 is 0 Å². The van der Waals surface area contributed by atoms with Crippen molar-refractivity contribution in [1.82, 2.24) is 14.9 Å². The van der Waals surface area contributed by atoms with E-state index in [2.05, 4.69) is 54.1 Å². The van der Waals surface area contributed by atoms with Crippen LogP contribution in [0.5, 0.6) is 0 Å². The molecule has 2 rings (SSSR count). The molecule has 1 fully saturated rings. The second kappa shape index (κ2) is 5.22. The van der Waals surface area contributed by atoms with Gasteiger partial charge in [0, 0.05) is 17.5 Å². The molecule has 0 saturated carbocycles. The van der Waals surface area contributed by atoms with Crippen molar-refractivity contribution in [2.24, 2.45) is 0 Å². The summed E-state index contributed by atoms with van der Waals surface area (Å²) >= 11 is 0. The van der Waals surface area contributed by atoms with Crippen LogP contribution in [-0.2, 0) is 5.41 Å². The third-order valence-electron chi connectivity index (χ3n) is 3.51. The van der Waals surface area contributed by atoms with Gasteiger partial charge in [-0.15, -0.1) is 0 Å². The smallest absolute Gasteiger partial charge is 0.129 e. The second-order valence-electron chi connectivity index (χ2n) is 6.26. The maximum absolute atomic E-state index is 4.36. The van der Waals surface area contributed by atoms with Crippen molar-refractivity contribution in [3.05, 3.63) is 18.1 Å². The van der Waals surface area contributed by atoms with Gasteiger partial charge in [0.1, 0.15) is 12.1 Å². The Morgan fingerprint density at radius 3 is 2.50 bits per heavy atom. The zero-order valence-corrected chi connectivity index (χ0v) is 11.9. The van der Waals surface area contributed by atoms with Crippen molar-refractivity contribution in [3.63, 3.8) is 0 Å². The van der Waals surface area contributed by atoms with Crippen LogP contribution in [0.1, 0.15) is 39.3 Å². The zero-order chi connectivity index (χ0) is 13.2. The Morgan fingerprint density at radius 1 is 1.22 bits per heavy atom. The van der Waals surface area contributed by atoms with Crippen molar-refractivity contribution in [1.29, 1.82) is 0 Å². The van der Waals surface area contributed by atoms with Crippen LogP contribution in [0.3, 0.4) is 0 Å². The fourth-order valence-corrected chi connectivity index (χ4v) is 2.21. The van der Waals surface area contributed by atoms with E-state index in [0.717, 1.165) is 24.6 Å². The Kier molecular flexibility index (Phi) is 3.85. The Morgan fingerprint density at radius 2 is 1.89 bits per heavy atom. The molecule has 1 aliphatic heterocycles. The summed E-state index contributed by atoms with van der Waals surface area (Å²) in [6, 6.07) is 2.63. The lowest BCUT2D eigenvalue weighted by molar-refractivity contribution is 0.263. The van der Waals surface area contributed by atoms with Crippen LogP contribution < -0.4 is 5.32 Å². The van der Waals surface area contributed by atoms with Gasteiger partial charge in [0.05, 0.1) is 5.69 Å². The van der Waals surface area contributed by atoms with Crippen molar-refractivity contribution in [2.75, 3.05) is 25.5 Å². The molecule has 0 aliphatic carbocycles. The predicted octanol–water partition coefficient (Wildman–Crippen LogP) is 2.28. The molecule has 0 amide bonds. The molecule has 0 aromatic carbocycles. The molecule has 1 aliphatic rings. The Hall–Kier alpha value is -1.16. The third kappa shape index (κ3) is 3.42. The van der Waals surface area contributed by atoms with E-state index in [1.807, 2.05) is 0 Å². The second-order valence-corrected chi connectivity index (χ2v) is 6.26. The van der Waals surface area contributed by atoms with Gasteiger partial charge in [-0.25, -0.2) is 9.97 Å². The van der Waals surface area contributed by atoms with E-state index in [0.29, 0.717) is 6.04 Å². The maximum atomic E-state index is 4.36. The topological polar surface area (TPSA) is 41.0 Å². The lowest BCUT2D eigenvalue weighted by Crippen LogP contribution is -2.37. The molecule has 100 valence electrons. The number of nitrogens with one attached hydrogen (secondary N) is 1. The van der Waals surface area contributed by atoms with Crippen molar-refractivity contribution >= 4 is 5.82 Å². The van der Waals surface area contributed by atoms with Crippen LogP contribution in [0.2, 0.25) is 0 Å². The number of likely N-dealkylation sites (tertiary alicyclic amines) is 1. The molecule has 1 aromatic heterocycles. The number of anilines is 1.